The summed E-state index contributed by atoms with van der Waals surface area (Å²) in [5.74, 6) is 1.39. The SMILES string of the molecule is Cc1cc2nc(-c3ccccc3C3CC3)c(N)n2cc1Br. The molecule has 0 radical (unpaired) electrons. The highest BCUT2D eigenvalue weighted by atomic mass is 79.9. The molecule has 3 nitrogen and oxygen atoms in total. The zero-order chi connectivity index (χ0) is 14.6. The second-order valence-electron chi connectivity index (χ2n) is 5.74. The lowest BCUT2D eigenvalue weighted by Crippen LogP contribution is -1.96. The average molecular weight is 342 g/mol. The fourth-order valence-corrected chi connectivity index (χ4v) is 3.16. The Morgan fingerprint density at radius 2 is 2.05 bits per heavy atom. The highest BCUT2D eigenvalue weighted by Crippen LogP contribution is 2.45. The van der Waals surface area contributed by atoms with Crippen LogP contribution in [0.15, 0.2) is 41.0 Å². The number of nitrogen functional groups attached to an aromatic ring is 1. The topological polar surface area (TPSA) is 43.3 Å². The molecular weight excluding hydrogens is 326 g/mol. The van der Waals surface area contributed by atoms with Gasteiger partial charge in [0.15, 0.2) is 0 Å². The zero-order valence-electron chi connectivity index (χ0n) is 11.8. The van der Waals surface area contributed by atoms with Crippen LogP contribution in [0.4, 0.5) is 5.82 Å². The van der Waals surface area contributed by atoms with Gasteiger partial charge in [0.2, 0.25) is 0 Å². The van der Waals surface area contributed by atoms with Crippen molar-refractivity contribution in [3.63, 3.8) is 0 Å². The van der Waals surface area contributed by atoms with Crippen LogP contribution in [0.3, 0.4) is 0 Å². The number of anilines is 1. The number of hydrogen-bond acceptors (Lipinski definition) is 2. The van der Waals surface area contributed by atoms with Gasteiger partial charge in [-0.3, -0.25) is 4.40 Å². The number of aryl methyl sites for hydroxylation is 1. The molecule has 1 saturated carbocycles. The van der Waals surface area contributed by atoms with Crippen LogP contribution in [0.2, 0.25) is 0 Å². The van der Waals surface area contributed by atoms with Gasteiger partial charge in [0.05, 0.1) is 0 Å². The molecule has 2 heterocycles. The first-order chi connectivity index (χ1) is 10.1. The predicted octanol–water partition coefficient (Wildman–Crippen LogP) is 4.53. The number of aromatic nitrogens is 2. The van der Waals surface area contributed by atoms with Crippen LogP contribution in [-0.2, 0) is 0 Å². The molecule has 1 aromatic carbocycles. The normalized spacial score (nSPS) is 14.8. The van der Waals surface area contributed by atoms with Crippen molar-refractivity contribution in [3.05, 3.63) is 52.1 Å². The lowest BCUT2D eigenvalue weighted by atomic mass is 10.0. The van der Waals surface area contributed by atoms with Crippen molar-refractivity contribution in [2.75, 3.05) is 5.73 Å². The molecule has 4 rings (SSSR count). The van der Waals surface area contributed by atoms with Crippen molar-refractivity contribution in [2.24, 2.45) is 0 Å². The summed E-state index contributed by atoms with van der Waals surface area (Å²) < 4.78 is 3.00. The number of nitrogens with zero attached hydrogens (tertiary/aromatic N) is 2. The van der Waals surface area contributed by atoms with E-state index in [2.05, 4.69) is 53.2 Å². The van der Waals surface area contributed by atoms with E-state index in [0.29, 0.717) is 11.7 Å². The molecule has 0 aliphatic heterocycles. The summed E-state index contributed by atoms with van der Waals surface area (Å²) in [5.41, 5.74) is 11.9. The Balaban J connectivity index is 1.97. The fourth-order valence-electron chi connectivity index (χ4n) is 2.84. The Kier molecular flexibility index (Phi) is 2.82. The fraction of sp³-hybridized carbons (Fsp3) is 0.235. The molecule has 106 valence electrons. The smallest absolute Gasteiger partial charge is 0.139 e. The molecule has 0 spiro atoms. The summed E-state index contributed by atoms with van der Waals surface area (Å²) in [6, 6.07) is 10.6. The Hall–Kier alpha value is -1.81. The molecule has 0 unspecified atom stereocenters. The lowest BCUT2D eigenvalue weighted by molar-refractivity contribution is 1.13. The number of nitrogens with two attached hydrogens (primary N) is 1. The molecule has 0 saturated heterocycles. The van der Waals surface area contributed by atoms with Crippen molar-refractivity contribution in [1.29, 1.82) is 0 Å². The Morgan fingerprint density at radius 3 is 2.81 bits per heavy atom. The summed E-state index contributed by atoms with van der Waals surface area (Å²) in [6.07, 6.45) is 4.54. The molecule has 4 heteroatoms. The van der Waals surface area contributed by atoms with Gasteiger partial charge in [-0.05, 0) is 58.8 Å². The third-order valence-electron chi connectivity index (χ3n) is 4.17. The zero-order valence-corrected chi connectivity index (χ0v) is 13.4. The number of imidazole rings is 1. The molecule has 0 atom stereocenters. The second-order valence-corrected chi connectivity index (χ2v) is 6.59. The average Bonchev–Trinajstić information content (AvgIpc) is 3.28. The summed E-state index contributed by atoms with van der Waals surface area (Å²) in [7, 11) is 0. The van der Waals surface area contributed by atoms with E-state index in [1.54, 1.807) is 0 Å². The van der Waals surface area contributed by atoms with Crippen LogP contribution in [0, 0.1) is 6.92 Å². The van der Waals surface area contributed by atoms with Gasteiger partial charge in [-0.2, -0.15) is 0 Å². The van der Waals surface area contributed by atoms with Crippen molar-refractivity contribution in [2.45, 2.75) is 25.7 Å². The number of halogens is 1. The molecular formula is C17H16BrN3. The van der Waals surface area contributed by atoms with Crippen LogP contribution in [0.5, 0.6) is 0 Å². The monoisotopic (exact) mass is 341 g/mol. The third kappa shape index (κ3) is 2.05. The molecule has 1 fully saturated rings. The van der Waals surface area contributed by atoms with E-state index in [9.17, 15) is 0 Å². The maximum Gasteiger partial charge on any atom is 0.139 e. The minimum Gasteiger partial charge on any atom is -0.383 e. The highest BCUT2D eigenvalue weighted by molar-refractivity contribution is 9.10. The van der Waals surface area contributed by atoms with E-state index in [-0.39, 0.29) is 0 Å². The van der Waals surface area contributed by atoms with Gasteiger partial charge < -0.3 is 5.73 Å². The summed E-state index contributed by atoms with van der Waals surface area (Å²) in [6.45, 7) is 2.06. The molecule has 21 heavy (non-hydrogen) atoms. The molecule has 2 aromatic heterocycles. The summed E-state index contributed by atoms with van der Waals surface area (Å²) in [4.78, 5) is 4.77. The first-order valence-corrected chi connectivity index (χ1v) is 7.97. The first kappa shape index (κ1) is 12.9. The lowest BCUT2D eigenvalue weighted by Gasteiger charge is -2.06. The Morgan fingerprint density at radius 1 is 1.29 bits per heavy atom. The van der Waals surface area contributed by atoms with E-state index in [0.717, 1.165) is 21.4 Å². The van der Waals surface area contributed by atoms with E-state index in [1.807, 2.05) is 10.6 Å². The van der Waals surface area contributed by atoms with E-state index in [1.165, 1.54) is 24.0 Å². The van der Waals surface area contributed by atoms with Crippen molar-refractivity contribution in [1.82, 2.24) is 9.38 Å². The number of benzene rings is 1. The number of rotatable bonds is 2. The highest BCUT2D eigenvalue weighted by Gasteiger charge is 2.27. The van der Waals surface area contributed by atoms with E-state index < -0.39 is 0 Å². The van der Waals surface area contributed by atoms with Gasteiger partial charge in [-0.15, -0.1) is 0 Å². The van der Waals surface area contributed by atoms with E-state index in [4.69, 9.17) is 10.7 Å². The van der Waals surface area contributed by atoms with Crippen LogP contribution in [-0.4, -0.2) is 9.38 Å². The van der Waals surface area contributed by atoms with Gasteiger partial charge in [-0.25, -0.2) is 4.98 Å². The number of hydrogen-bond donors (Lipinski definition) is 1. The largest absolute Gasteiger partial charge is 0.383 e. The Labute approximate surface area is 131 Å². The maximum absolute atomic E-state index is 6.36. The molecule has 1 aliphatic carbocycles. The Bertz CT molecular complexity index is 847. The molecule has 1 aliphatic rings. The molecule has 2 N–H and O–H groups in total. The minimum absolute atomic E-state index is 0.680. The minimum atomic E-state index is 0.680. The quantitative estimate of drug-likeness (QED) is 0.743. The number of pyridine rings is 1. The predicted molar refractivity (Wildman–Crippen MR) is 89.5 cm³/mol. The van der Waals surface area contributed by atoms with Gasteiger partial charge in [-0.1, -0.05) is 24.3 Å². The van der Waals surface area contributed by atoms with Crippen molar-refractivity contribution >= 4 is 27.4 Å². The van der Waals surface area contributed by atoms with Crippen molar-refractivity contribution < 1.29 is 0 Å². The molecule has 0 bridgehead atoms. The van der Waals surface area contributed by atoms with Crippen LogP contribution >= 0.6 is 15.9 Å². The first-order valence-electron chi connectivity index (χ1n) is 7.18. The second kappa shape index (κ2) is 4.60. The maximum atomic E-state index is 6.36. The van der Waals surface area contributed by atoms with Gasteiger partial charge in [0, 0.05) is 16.2 Å². The van der Waals surface area contributed by atoms with Crippen LogP contribution < -0.4 is 5.73 Å². The molecule has 0 amide bonds. The summed E-state index contributed by atoms with van der Waals surface area (Å²) >= 11 is 3.56. The summed E-state index contributed by atoms with van der Waals surface area (Å²) in [5, 5.41) is 0. The molecule has 3 aromatic rings. The van der Waals surface area contributed by atoms with Crippen LogP contribution in [0.25, 0.3) is 16.9 Å². The van der Waals surface area contributed by atoms with Crippen LogP contribution in [0.1, 0.15) is 29.9 Å². The van der Waals surface area contributed by atoms with E-state index >= 15 is 0 Å². The third-order valence-corrected chi connectivity index (χ3v) is 5.00. The number of fused-ring (bicyclic) bond motifs is 1. The van der Waals surface area contributed by atoms with Gasteiger partial charge in [0.25, 0.3) is 0 Å². The van der Waals surface area contributed by atoms with Gasteiger partial charge in [0.1, 0.15) is 17.2 Å². The standard InChI is InChI=1S/C17H16BrN3/c1-10-8-15-20-16(17(19)21(15)9-14(10)18)13-5-3-2-4-12(13)11-6-7-11/h2-5,8-9,11H,6-7,19H2,1H3. The van der Waals surface area contributed by atoms with Crippen molar-refractivity contribution in [3.8, 4) is 11.3 Å². The van der Waals surface area contributed by atoms with Gasteiger partial charge >= 0.3 is 0 Å².